The molecule has 0 amide bonds. The summed E-state index contributed by atoms with van der Waals surface area (Å²) in [5.74, 6) is 0.607. The zero-order valence-electron chi connectivity index (χ0n) is 13.1. The van der Waals surface area contributed by atoms with Gasteiger partial charge in [0.25, 0.3) is 5.69 Å². The summed E-state index contributed by atoms with van der Waals surface area (Å²) in [6, 6.07) is 5.51. The Kier molecular flexibility index (Phi) is 7.28. The molecule has 5 nitrogen and oxygen atoms in total. The normalized spacial score (nSPS) is 12.9. The second-order valence-electron chi connectivity index (χ2n) is 5.98. The van der Waals surface area contributed by atoms with Gasteiger partial charge in [0, 0.05) is 25.2 Å². The number of rotatable bonds is 8. The average molecular weight is 358 g/mol. The maximum atomic E-state index is 11.0. The van der Waals surface area contributed by atoms with E-state index in [4.69, 9.17) is 0 Å². The van der Waals surface area contributed by atoms with Crippen LogP contribution in [0.1, 0.15) is 25.8 Å². The molecule has 1 aromatic carbocycles. The van der Waals surface area contributed by atoms with Gasteiger partial charge in [-0.15, -0.1) is 0 Å². The van der Waals surface area contributed by atoms with Crippen molar-refractivity contribution in [2.45, 2.75) is 32.9 Å². The summed E-state index contributed by atoms with van der Waals surface area (Å²) >= 11 is 3.34. The molecule has 0 spiro atoms. The van der Waals surface area contributed by atoms with Crippen LogP contribution < -0.4 is 5.32 Å². The number of nitrogens with one attached hydrogen (secondary N) is 1. The van der Waals surface area contributed by atoms with Crippen molar-refractivity contribution in [1.29, 1.82) is 0 Å². The first-order valence-corrected chi connectivity index (χ1v) is 7.90. The van der Waals surface area contributed by atoms with Crippen LogP contribution in [0.2, 0.25) is 0 Å². The van der Waals surface area contributed by atoms with Crippen molar-refractivity contribution < 1.29 is 4.92 Å². The van der Waals surface area contributed by atoms with E-state index < -0.39 is 0 Å². The Bertz CT molecular complexity index is 468. The van der Waals surface area contributed by atoms with Gasteiger partial charge in [-0.3, -0.25) is 10.1 Å². The van der Waals surface area contributed by atoms with Gasteiger partial charge in [-0.25, -0.2) is 0 Å². The predicted octanol–water partition coefficient (Wildman–Crippen LogP) is 3.42. The number of likely N-dealkylation sites (N-methyl/N-ethyl adjacent to an activating group) is 1. The van der Waals surface area contributed by atoms with Crippen molar-refractivity contribution in [3.63, 3.8) is 0 Å². The first kappa shape index (κ1) is 18.1. The van der Waals surface area contributed by atoms with Gasteiger partial charge >= 0.3 is 0 Å². The number of nitrogens with zero attached hydrogens (tertiary/aromatic N) is 2. The van der Waals surface area contributed by atoms with Crippen LogP contribution in [0.5, 0.6) is 0 Å². The maximum absolute atomic E-state index is 11.0. The fourth-order valence-electron chi connectivity index (χ4n) is 2.33. The van der Waals surface area contributed by atoms with Gasteiger partial charge in [0.15, 0.2) is 0 Å². The topological polar surface area (TPSA) is 58.4 Å². The van der Waals surface area contributed by atoms with Gasteiger partial charge in [0.1, 0.15) is 0 Å². The molecule has 0 aromatic heterocycles. The quantitative estimate of drug-likeness (QED) is 0.571. The van der Waals surface area contributed by atoms with E-state index in [0.717, 1.165) is 18.5 Å². The van der Waals surface area contributed by atoms with Gasteiger partial charge in [-0.05, 0) is 47.9 Å². The highest BCUT2D eigenvalue weighted by molar-refractivity contribution is 9.10. The molecule has 1 N–H and O–H groups in total. The van der Waals surface area contributed by atoms with E-state index in [0.29, 0.717) is 23.0 Å². The molecule has 0 aliphatic heterocycles. The van der Waals surface area contributed by atoms with Crippen LogP contribution in [0.3, 0.4) is 0 Å². The lowest BCUT2D eigenvalue weighted by molar-refractivity contribution is -0.385. The van der Waals surface area contributed by atoms with Gasteiger partial charge in [-0.2, -0.15) is 0 Å². The Morgan fingerprint density at radius 1 is 1.38 bits per heavy atom. The minimum Gasteiger partial charge on any atom is -0.309 e. The Balaban J connectivity index is 2.75. The molecule has 0 saturated heterocycles. The Labute approximate surface area is 135 Å². The summed E-state index contributed by atoms with van der Waals surface area (Å²) < 4.78 is 0.565. The number of nitro benzene ring substituents is 1. The highest BCUT2D eigenvalue weighted by Crippen LogP contribution is 2.28. The molecule has 0 saturated carbocycles. The lowest BCUT2D eigenvalue weighted by Gasteiger charge is -2.24. The third-order valence-corrected chi connectivity index (χ3v) is 4.09. The minimum absolute atomic E-state index is 0.113. The van der Waals surface area contributed by atoms with Crippen molar-refractivity contribution in [3.8, 4) is 0 Å². The molecule has 1 aromatic rings. The Morgan fingerprint density at radius 2 is 2.05 bits per heavy atom. The molecular weight excluding hydrogens is 334 g/mol. The standard InChI is InChI=1S/C15H24BrN3O2/c1-11(2)8-13(10-18(3)4)17-9-12-6-5-7-14(15(12)16)19(20)21/h5-7,11,13,17H,8-10H2,1-4H3. The minimum atomic E-state index is -0.362. The molecule has 6 heteroatoms. The van der Waals surface area contributed by atoms with Crippen LogP contribution in [0.15, 0.2) is 22.7 Å². The lowest BCUT2D eigenvalue weighted by atomic mass is 10.0. The second kappa shape index (κ2) is 8.46. The first-order valence-electron chi connectivity index (χ1n) is 7.11. The largest absolute Gasteiger partial charge is 0.309 e. The van der Waals surface area contributed by atoms with Crippen LogP contribution in [-0.2, 0) is 6.54 Å². The summed E-state index contributed by atoms with van der Waals surface area (Å²) in [7, 11) is 4.11. The van der Waals surface area contributed by atoms with Crippen molar-refractivity contribution >= 4 is 21.6 Å². The molecule has 0 radical (unpaired) electrons. The Morgan fingerprint density at radius 3 is 2.57 bits per heavy atom. The SMILES string of the molecule is CC(C)CC(CN(C)C)NCc1cccc([N+](=O)[O-])c1Br. The van der Waals surface area contributed by atoms with E-state index in [1.807, 2.05) is 6.07 Å². The highest BCUT2D eigenvalue weighted by atomic mass is 79.9. The summed E-state index contributed by atoms with van der Waals surface area (Å²) in [6.45, 7) is 5.97. The van der Waals surface area contributed by atoms with Gasteiger partial charge in [0.2, 0.25) is 0 Å². The van der Waals surface area contributed by atoms with E-state index in [1.165, 1.54) is 6.07 Å². The maximum Gasteiger partial charge on any atom is 0.283 e. The molecule has 1 unspecified atom stereocenters. The molecule has 0 fully saturated rings. The van der Waals surface area contributed by atoms with Crippen molar-refractivity contribution in [2.24, 2.45) is 5.92 Å². The molecule has 0 heterocycles. The summed E-state index contributed by atoms with van der Waals surface area (Å²) in [4.78, 5) is 12.7. The van der Waals surface area contributed by atoms with E-state index in [1.54, 1.807) is 6.07 Å². The van der Waals surface area contributed by atoms with Crippen molar-refractivity contribution in [3.05, 3.63) is 38.3 Å². The number of hydrogen-bond donors (Lipinski definition) is 1. The van der Waals surface area contributed by atoms with E-state index in [2.05, 4.69) is 54.1 Å². The molecule has 1 rings (SSSR count). The predicted molar refractivity (Wildman–Crippen MR) is 89.4 cm³/mol. The summed E-state index contributed by atoms with van der Waals surface area (Å²) in [6.07, 6.45) is 1.07. The van der Waals surface area contributed by atoms with Crippen molar-refractivity contribution in [1.82, 2.24) is 10.2 Å². The van der Waals surface area contributed by atoms with E-state index >= 15 is 0 Å². The fraction of sp³-hybridized carbons (Fsp3) is 0.600. The zero-order chi connectivity index (χ0) is 16.0. The van der Waals surface area contributed by atoms with E-state index in [9.17, 15) is 10.1 Å². The van der Waals surface area contributed by atoms with Crippen LogP contribution in [0.4, 0.5) is 5.69 Å². The molecule has 118 valence electrons. The molecule has 1 atom stereocenters. The molecule has 0 aliphatic carbocycles. The second-order valence-corrected chi connectivity index (χ2v) is 6.77. The third-order valence-electron chi connectivity index (χ3n) is 3.18. The third kappa shape index (κ3) is 6.11. The number of benzene rings is 1. The average Bonchev–Trinajstić information content (AvgIpc) is 2.35. The van der Waals surface area contributed by atoms with Gasteiger partial charge < -0.3 is 10.2 Å². The van der Waals surface area contributed by atoms with Crippen molar-refractivity contribution in [2.75, 3.05) is 20.6 Å². The number of halogens is 1. The summed E-state index contributed by atoms with van der Waals surface area (Å²) in [5, 5.41) is 14.5. The lowest BCUT2D eigenvalue weighted by Crippen LogP contribution is -2.38. The fourth-order valence-corrected chi connectivity index (χ4v) is 2.88. The Hall–Kier alpha value is -0.980. The van der Waals surface area contributed by atoms with Crippen LogP contribution >= 0.6 is 15.9 Å². The summed E-state index contributed by atoms with van der Waals surface area (Å²) in [5.41, 5.74) is 1.03. The first-order chi connectivity index (χ1) is 9.81. The molecule has 0 aliphatic rings. The molecule has 21 heavy (non-hydrogen) atoms. The molecule has 0 bridgehead atoms. The van der Waals surface area contributed by atoms with Crippen LogP contribution in [-0.4, -0.2) is 36.5 Å². The van der Waals surface area contributed by atoms with Gasteiger partial charge in [0.05, 0.1) is 9.40 Å². The number of hydrogen-bond acceptors (Lipinski definition) is 4. The van der Waals surface area contributed by atoms with Gasteiger partial charge in [-0.1, -0.05) is 26.0 Å². The zero-order valence-corrected chi connectivity index (χ0v) is 14.7. The highest BCUT2D eigenvalue weighted by Gasteiger charge is 2.16. The van der Waals surface area contributed by atoms with Crippen LogP contribution in [0.25, 0.3) is 0 Å². The van der Waals surface area contributed by atoms with Crippen LogP contribution in [0, 0.1) is 16.0 Å². The molecular formula is C15H24BrN3O2. The monoisotopic (exact) mass is 357 g/mol. The number of nitro groups is 1. The van der Waals surface area contributed by atoms with E-state index in [-0.39, 0.29) is 10.6 Å². The smallest absolute Gasteiger partial charge is 0.283 e.